The molecule has 1 radical (unpaired) electrons. The van der Waals surface area contributed by atoms with E-state index in [-0.39, 0.29) is 20.1 Å². The molecule has 0 aliphatic heterocycles. The second-order valence-electron chi connectivity index (χ2n) is 20.1. The van der Waals surface area contributed by atoms with Crippen molar-refractivity contribution in [3.8, 4) is 39.5 Å². The third-order valence-electron chi connectivity index (χ3n) is 12.7. The number of rotatable bonds is 11. The Morgan fingerprint density at radius 2 is 1.29 bits per heavy atom. The molecule has 0 aliphatic carbocycles. The molecule has 3 nitrogen and oxygen atoms in total. The van der Waals surface area contributed by atoms with E-state index in [1.54, 1.807) is 11.3 Å². The van der Waals surface area contributed by atoms with Crippen LogP contribution in [0.25, 0.3) is 60.6 Å². The Morgan fingerprint density at radius 1 is 0.652 bits per heavy atom. The molecule has 0 bridgehead atoms. The van der Waals surface area contributed by atoms with Gasteiger partial charge in [-0.3, -0.25) is 16.3 Å². The van der Waals surface area contributed by atoms with Crippen LogP contribution in [0.2, 0.25) is 32.7 Å². The molecule has 0 spiro atoms. The summed E-state index contributed by atoms with van der Waals surface area (Å²) in [5, 5.41) is 9.33. The van der Waals surface area contributed by atoms with Gasteiger partial charge in [-0.05, 0) is 81.6 Å². The number of hydrogen-bond acceptors (Lipinski definition) is 3. The summed E-state index contributed by atoms with van der Waals surface area (Å²) >= 11 is 1.70. The summed E-state index contributed by atoms with van der Waals surface area (Å²) in [5.41, 5.74) is 13.3. The van der Waals surface area contributed by atoms with Crippen molar-refractivity contribution in [1.29, 1.82) is 0 Å². The molecule has 0 amide bonds. The van der Waals surface area contributed by atoms with Gasteiger partial charge in [-0.2, -0.15) is 0 Å². The van der Waals surface area contributed by atoms with Crippen LogP contribution >= 0.6 is 11.3 Å². The summed E-state index contributed by atoms with van der Waals surface area (Å²) in [4.78, 5) is 10.0. The minimum absolute atomic E-state index is 0. The summed E-state index contributed by atoms with van der Waals surface area (Å²) in [5.74, 6) is 2.28. The number of thiophene rings is 1. The molecule has 0 N–H and O–H groups in total. The number of aromatic nitrogens is 3. The molecule has 339 valence electrons. The van der Waals surface area contributed by atoms with Gasteiger partial charge in [0.05, 0.1) is 24.9 Å². The predicted molar refractivity (Wildman–Crippen MR) is 288 cm³/mol. The largest absolute Gasteiger partial charge is 0.333 e. The Balaban J connectivity index is 0.000000260. The number of fused-ring (bicyclic) bond motifs is 2. The van der Waals surface area contributed by atoms with Gasteiger partial charge in [0.15, 0.2) is 0 Å². The molecule has 3 heterocycles. The number of imidazole rings is 1. The molecule has 9 aromatic rings. The Kier molecular flexibility index (Phi) is 15.2. The van der Waals surface area contributed by atoms with E-state index in [9.17, 15) is 0 Å². The van der Waals surface area contributed by atoms with Crippen LogP contribution < -0.4 is 15.6 Å². The van der Waals surface area contributed by atoms with Gasteiger partial charge in [-0.15, -0.1) is 47.3 Å². The van der Waals surface area contributed by atoms with E-state index < -0.39 is 16.1 Å². The molecule has 0 saturated heterocycles. The molecular formula is C59H63IrN3SSi2-2. The molecule has 0 aliphatic rings. The average molecular weight is 1090 g/mol. The smallest absolute Gasteiger partial charge is 0.111 e. The molecule has 7 heteroatoms. The zero-order chi connectivity index (χ0) is 46.0. The van der Waals surface area contributed by atoms with E-state index in [2.05, 4.69) is 229 Å². The van der Waals surface area contributed by atoms with Crippen LogP contribution in [0.3, 0.4) is 0 Å². The number of nitrogens with zero attached hydrogens (tertiary/aromatic N) is 3. The Morgan fingerprint density at radius 3 is 1.91 bits per heavy atom. The van der Waals surface area contributed by atoms with Crippen molar-refractivity contribution in [2.75, 3.05) is 0 Å². The molecule has 0 fully saturated rings. The van der Waals surface area contributed by atoms with Gasteiger partial charge in [0, 0.05) is 32.0 Å². The SMILES string of the molecule is CC(C)Cc1cc(-c2[c-]cccc2)ncc1[Si](C)(C)C.CC(C)c1cc(-c2ccccc2)cc(C(C)C)c1-n1c(-c2[c-]sc3ccc([Si](C)(C)c4ccccc4)cc23)nc2ccccc21.[Ir]. The monoisotopic (exact) mass is 1090 g/mol. The van der Waals surface area contributed by atoms with Crippen LogP contribution in [0.5, 0.6) is 0 Å². The third-order valence-corrected chi connectivity index (χ3v) is 19.1. The van der Waals surface area contributed by atoms with Gasteiger partial charge in [-0.25, -0.2) is 0 Å². The van der Waals surface area contributed by atoms with Crippen LogP contribution in [0.15, 0.2) is 152 Å². The fourth-order valence-corrected chi connectivity index (χ4v) is 13.8. The summed E-state index contributed by atoms with van der Waals surface area (Å²) < 4.78 is 3.69. The number of hydrogen-bond donors (Lipinski definition) is 0. The maximum atomic E-state index is 5.36. The van der Waals surface area contributed by atoms with Crippen molar-refractivity contribution < 1.29 is 20.1 Å². The Bertz CT molecular complexity index is 3030. The zero-order valence-corrected chi connectivity index (χ0v) is 45.7. The Labute approximate surface area is 413 Å². The van der Waals surface area contributed by atoms with E-state index in [1.807, 2.05) is 18.2 Å². The van der Waals surface area contributed by atoms with Crippen molar-refractivity contribution >= 4 is 64.2 Å². The number of pyridine rings is 1. The maximum Gasteiger partial charge on any atom is 0.111 e. The van der Waals surface area contributed by atoms with Gasteiger partial charge in [-0.1, -0.05) is 197 Å². The summed E-state index contributed by atoms with van der Waals surface area (Å²) in [7, 11) is -3.24. The van der Waals surface area contributed by atoms with Crippen LogP contribution in [0.1, 0.15) is 70.1 Å². The quantitative estimate of drug-likeness (QED) is 0.0955. The minimum Gasteiger partial charge on any atom is -0.333 e. The summed E-state index contributed by atoms with van der Waals surface area (Å²) in [6.07, 6.45) is 3.24. The van der Waals surface area contributed by atoms with Gasteiger partial charge in [0.2, 0.25) is 0 Å². The van der Waals surface area contributed by atoms with Crippen molar-refractivity contribution in [1.82, 2.24) is 14.5 Å². The van der Waals surface area contributed by atoms with Gasteiger partial charge >= 0.3 is 0 Å². The zero-order valence-electron chi connectivity index (χ0n) is 40.5. The Hall–Kier alpha value is -5.02. The third kappa shape index (κ3) is 10.3. The van der Waals surface area contributed by atoms with Gasteiger partial charge in [0.25, 0.3) is 0 Å². The van der Waals surface area contributed by atoms with Crippen molar-refractivity contribution in [2.45, 2.75) is 92.5 Å². The molecule has 66 heavy (non-hydrogen) atoms. The first-order valence-electron chi connectivity index (χ1n) is 23.3. The second-order valence-corrected chi connectivity index (χ2v) is 30.4. The molecule has 3 aromatic heterocycles. The fourth-order valence-electron chi connectivity index (χ4n) is 9.07. The van der Waals surface area contributed by atoms with Gasteiger partial charge < -0.3 is 9.55 Å². The van der Waals surface area contributed by atoms with Crippen LogP contribution in [-0.2, 0) is 26.5 Å². The van der Waals surface area contributed by atoms with Crippen molar-refractivity contribution in [3.05, 3.63) is 180 Å². The van der Waals surface area contributed by atoms with Crippen LogP contribution in [-0.4, -0.2) is 30.7 Å². The molecular weight excluding hydrogens is 1030 g/mol. The first-order chi connectivity index (χ1) is 31.1. The normalized spacial score (nSPS) is 11.9. The van der Waals surface area contributed by atoms with Crippen molar-refractivity contribution in [3.63, 3.8) is 0 Å². The fraction of sp³-hybridized carbons (Fsp3) is 0.254. The summed E-state index contributed by atoms with van der Waals surface area (Å²) in [6, 6.07) is 55.9. The molecule has 0 unspecified atom stereocenters. The van der Waals surface area contributed by atoms with E-state index >= 15 is 0 Å². The molecule has 9 rings (SSSR count). The van der Waals surface area contributed by atoms with Crippen molar-refractivity contribution in [2.24, 2.45) is 5.92 Å². The van der Waals surface area contributed by atoms with E-state index in [0.717, 1.165) is 40.1 Å². The maximum absolute atomic E-state index is 5.36. The molecule has 6 aromatic carbocycles. The predicted octanol–water partition coefficient (Wildman–Crippen LogP) is 14.7. The second kappa shape index (κ2) is 20.5. The van der Waals surface area contributed by atoms with Gasteiger partial charge in [0.1, 0.15) is 8.07 Å². The van der Waals surface area contributed by atoms with E-state index in [0.29, 0.717) is 17.8 Å². The molecule has 0 saturated carbocycles. The average Bonchev–Trinajstić information content (AvgIpc) is 3.90. The first-order valence-corrected chi connectivity index (χ1v) is 30.6. The van der Waals surface area contributed by atoms with E-state index in [4.69, 9.17) is 4.98 Å². The first kappa shape index (κ1) is 48.9. The standard InChI is InChI=1S/C41H39N2SSi.C18H24NSi.Ir/c1-27(2)33-23-30(29-15-9-7-10-16-29)24-34(28(3)4)40(33)43-38-20-14-13-19-37(38)42-41(43)36-26-44-39-22-21-32(25-35(36)39)45(5,6)31-17-11-8-12-18-31;1-14(2)11-16-12-17(15-9-7-6-8-10-15)19-13-18(16)20(3,4)5;/h7-25,27-28H,1-6H3;6-9,12-14H,11H2,1-5H3;/q2*-1;. The minimum atomic E-state index is -1.90. The topological polar surface area (TPSA) is 30.7 Å². The van der Waals surface area contributed by atoms with Crippen LogP contribution in [0.4, 0.5) is 0 Å². The van der Waals surface area contributed by atoms with E-state index in [1.165, 1.54) is 59.2 Å². The number of benzene rings is 6. The summed E-state index contributed by atoms with van der Waals surface area (Å²) in [6.45, 7) is 25.9. The molecule has 0 atom stereocenters. The van der Waals surface area contributed by atoms with Crippen LogP contribution in [0, 0.1) is 17.4 Å². The number of para-hydroxylation sites is 2.